The van der Waals surface area contributed by atoms with Gasteiger partial charge in [0.05, 0.1) is 22.3 Å². The highest BCUT2D eigenvalue weighted by Crippen LogP contribution is 2.22. The fourth-order valence-electron chi connectivity index (χ4n) is 1.70. The van der Waals surface area contributed by atoms with E-state index in [0.29, 0.717) is 16.6 Å². The summed E-state index contributed by atoms with van der Waals surface area (Å²) < 4.78 is 0. The van der Waals surface area contributed by atoms with Crippen molar-refractivity contribution in [2.24, 2.45) is 0 Å². The van der Waals surface area contributed by atoms with Crippen LogP contribution < -0.4 is 5.32 Å². The van der Waals surface area contributed by atoms with E-state index < -0.39 is 0 Å². The number of hydrogen-bond acceptors (Lipinski definition) is 3. The van der Waals surface area contributed by atoms with Crippen LogP contribution in [0.4, 0.5) is 5.69 Å². The van der Waals surface area contributed by atoms with Gasteiger partial charge in [0, 0.05) is 12.6 Å². The van der Waals surface area contributed by atoms with E-state index in [4.69, 9.17) is 16.9 Å². The maximum atomic E-state index is 8.76. The molecule has 0 atom stereocenters. The zero-order valence-electron chi connectivity index (χ0n) is 11.9. The van der Waals surface area contributed by atoms with Gasteiger partial charge < -0.3 is 10.2 Å². The molecular weight excluding hydrogens is 258 g/mol. The van der Waals surface area contributed by atoms with Gasteiger partial charge >= 0.3 is 0 Å². The molecule has 0 fully saturated rings. The second kappa shape index (κ2) is 8.04. The first kappa shape index (κ1) is 15.8. The van der Waals surface area contributed by atoms with E-state index in [2.05, 4.69) is 37.2 Å². The molecule has 3 nitrogen and oxygen atoms in total. The quantitative estimate of drug-likeness (QED) is 0.773. The Labute approximate surface area is 121 Å². The third kappa shape index (κ3) is 5.50. The third-order valence-electron chi connectivity index (χ3n) is 3.23. The third-order valence-corrected chi connectivity index (χ3v) is 3.55. The molecule has 1 aromatic carbocycles. The molecular formula is C15H22ClN3. The molecule has 0 unspecified atom stereocenters. The lowest BCUT2D eigenvalue weighted by Gasteiger charge is -2.20. The number of nitrogens with zero attached hydrogens (tertiary/aromatic N) is 2. The monoisotopic (exact) mass is 279 g/mol. The number of nitriles is 1. The van der Waals surface area contributed by atoms with Crippen LogP contribution >= 0.6 is 11.6 Å². The molecule has 1 N–H and O–H groups in total. The Kier molecular flexibility index (Phi) is 6.69. The maximum Gasteiger partial charge on any atom is 0.0992 e. The van der Waals surface area contributed by atoms with Crippen LogP contribution in [-0.2, 0) is 0 Å². The summed E-state index contributed by atoms with van der Waals surface area (Å²) in [6.07, 6.45) is 2.27. The smallest absolute Gasteiger partial charge is 0.0992 e. The van der Waals surface area contributed by atoms with Crippen molar-refractivity contribution >= 4 is 17.3 Å². The van der Waals surface area contributed by atoms with E-state index in [-0.39, 0.29) is 0 Å². The second-order valence-corrected chi connectivity index (χ2v) is 5.42. The van der Waals surface area contributed by atoms with Crippen molar-refractivity contribution in [3.05, 3.63) is 28.8 Å². The summed E-state index contributed by atoms with van der Waals surface area (Å²) in [7, 11) is 2.15. The van der Waals surface area contributed by atoms with Gasteiger partial charge in [-0.3, -0.25) is 0 Å². The van der Waals surface area contributed by atoms with Crippen molar-refractivity contribution in [1.82, 2.24) is 4.90 Å². The first-order valence-corrected chi connectivity index (χ1v) is 7.06. The maximum absolute atomic E-state index is 8.76. The van der Waals surface area contributed by atoms with E-state index in [1.807, 2.05) is 6.07 Å². The van der Waals surface area contributed by atoms with E-state index in [1.54, 1.807) is 12.1 Å². The fourth-order valence-corrected chi connectivity index (χ4v) is 1.94. The van der Waals surface area contributed by atoms with Gasteiger partial charge in [0.2, 0.25) is 0 Å². The molecule has 0 bridgehead atoms. The molecule has 104 valence electrons. The molecule has 1 aromatic rings. The summed E-state index contributed by atoms with van der Waals surface area (Å²) in [6.45, 7) is 6.42. The number of hydrogen-bond donors (Lipinski definition) is 1. The van der Waals surface area contributed by atoms with Gasteiger partial charge in [0.25, 0.3) is 0 Å². The average molecular weight is 280 g/mol. The predicted molar refractivity (Wildman–Crippen MR) is 81.7 cm³/mol. The Morgan fingerprint density at radius 3 is 2.68 bits per heavy atom. The predicted octanol–water partition coefficient (Wildman–Crippen LogP) is 3.74. The van der Waals surface area contributed by atoms with Crippen molar-refractivity contribution in [3.63, 3.8) is 0 Å². The van der Waals surface area contributed by atoms with Gasteiger partial charge in [-0.15, -0.1) is 0 Å². The highest BCUT2D eigenvalue weighted by atomic mass is 35.5. The molecule has 0 aliphatic rings. The van der Waals surface area contributed by atoms with Crippen LogP contribution in [0.3, 0.4) is 0 Å². The summed E-state index contributed by atoms with van der Waals surface area (Å²) in [6, 6.07) is 8.01. The van der Waals surface area contributed by atoms with Crippen LogP contribution in [0.5, 0.6) is 0 Å². The van der Waals surface area contributed by atoms with Crippen molar-refractivity contribution in [2.45, 2.75) is 32.7 Å². The summed E-state index contributed by atoms with van der Waals surface area (Å²) in [5.74, 6) is 0. The van der Waals surface area contributed by atoms with Gasteiger partial charge in [0.15, 0.2) is 0 Å². The van der Waals surface area contributed by atoms with Gasteiger partial charge in [0.1, 0.15) is 0 Å². The number of unbranched alkanes of at least 4 members (excludes halogenated alkanes) is 1. The molecule has 0 saturated heterocycles. The van der Waals surface area contributed by atoms with Crippen LogP contribution in [0.2, 0.25) is 5.02 Å². The molecule has 4 heteroatoms. The molecule has 0 aliphatic carbocycles. The number of benzene rings is 1. The molecule has 0 saturated carbocycles. The summed E-state index contributed by atoms with van der Waals surface area (Å²) in [5.41, 5.74) is 1.49. The first-order chi connectivity index (χ1) is 9.04. The number of halogens is 1. The van der Waals surface area contributed by atoms with Crippen molar-refractivity contribution in [2.75, 3.05) is 25.5 Å². The minimum Gasteiger partial charge on any atom is -0.384 e. The van der Waals surface area contributed by atoms with Crippen LogP contribution in [0.25, 0.3) is 0 Å². The normalized spacial score (nSPS) is 10.8. The van der Waals surface area contributed by atoms with Crippen LogP contribution in [0.15, 0.2) is 18.2 Å². The van der Waals surface area contributed by atoms with Gasteiger partial charge in [-0.25, -0.2) is 0 Å². The zero-order valence-corrected chi connectivity index (χ0v) is 12.7. The topological polar surface area (TPSA) is 39.1 Å². The molecule has 0 aliphatic heterocycles. The minimum absolute atomic E-state index is 0.592. The molecule has 0 spiro atoms. The van der Waals surface area contributed by atoms with Crippen LogP contribution in [0.1, 0.15) is 32.3 Å². The lowest BCUT2D eigenvalue weighted by molar-refractivity contribution is 0.269. The standard InChI is InChI=1S/C15H22ClN3/c1-12(2)19(3)9-5-4-8-18-15-7-6-13(11-17)10-14(15)16/h6-7,10,12,18H,4-5,8-9H2,1-3H3. The molecule has 0 heterocycles. The lowest BCUT2D eigenvalue weighted by Crippen LogP contribution is -2.27. The van der Waals surface area contributed by atoms with Gasteiger partial charge in [-0.1, -0.05) is 11.6 Å². The molecule has 0 radical (unpaired) electrons. The van der Waals surface area contributed by atoms with E-state index in [1.165, 1.54) is 0 Å². The van der Waals surface area contributed by atoms with Gasteiger partial charge in [-0.2, -0.15) is 5.26 Å². The highest BCUT2D eigenvalue weighted by Gasteiger charge is 2.03. The van der Waals surface area contributed by atoms with E-state index in [0.717, 1.165) is 31.6 Å². The largest absolute Gasteiger partial charge is 0.384 e. The Hall–Kier alpha value is -1.24. The molecule has 0 amide bonds. The van der Waals surface area contributed by atoms with Crippen molar-refractivity contribution in [3.8, 4) is 6.07 Å². The molecule has 0 aromatic heterocycles. The van der Waals surface area contributed by atoms with Crippen molar-refractivity contribution < 1.29 is 0 Å². The Bertz CT molecular complexity index is 438. The summed E-state index contributed by atoms with van der Waals surface area (Å²) in [5, 5.41) is 12.7. The SMILES string of the molecule is CC(C)N(C)CCCCNc1ccc(C#N)cc1Cl. The fraction of sp³-hybridized carbons (Fsp3) is 0.533. The zero-order chi connectivity index (χ0) is 14.3. The Morgan fingerprint density at radius 1 is 1.37 bits per heavy atom. The number of anilines is 1. The van der Waals surface area contributed by atoms with Crippen LogP contribution in [-0.4, -0.2) is 31.1 Å². The Morgan fingerprint density at radius 2 is 2.11 bits per heavy atom. The minimum atomic E-state index is 0.592. The number of rotatable bonds is 7. The van der Waals surface area contributed by atoms with Gasteiger partial charge in [-0.05, 0) is 58.5 Å². The van der Waals surface area contributed by atoms with E-state index in [9.17, 15) is 0 Å². The van der Waals surface area contributed by atoms with Crippen molar-refractivity contribution in [1.29, 1.82) is 5.26 Å². The molecule has 19 heavy (non-hydrogen) atoms. The summed E-state index contributed by atoms with van der Waals surface area (Å²) >= 11 is 6.09. The first-order valence-electron chi connectivity index (χ1n) is 6.68. The average Bonchev–Trinajstić information content (AvgIpc) is 2.39. The van der Waals surface area contributed by atoms with Crippen LogP contribution in [0, 0.1) is 11.3 Å². The second-order valence-electron chi connectivity index (χ2n) is 5.01. The number of nitrogens with one attached hydrogen (secondary N) is 1. The Balaban J connectivity index is 2.28. The highest BCUT2D eigenvalue weighted by molar-refractivity contribution is 6.33. The summed E-state index contributed by atoms with van der Waals surface area (Å²) in [4.78, 5) is 2.34. The van der Waals surface area contributed by atoms with E-state index >= 15 is 0 Å². The molecule has 1 rings (SSSR count). The lowest BCUT2D eigenvalue weighted by atomic mass is 10.2.